The lowest BCUT2D eigenvalue weighted by atomic mass is 10.0. The van der Waals surface area contributed by atoms with Crippen LogP contribution in [0.2, 0.25) is 0 Å². The van der Waals surface area contributed by atoms with Crippen LogP contribution in [0, 0.1) is 13.8 Å². The number of carbonyl (C=O) groups is 1. The normalized spacial score (nSPS) is 20.5. The maximum atomic E-state index is 11.7. The second-order valence-corrected chi connectivity index (χ2v) is 4.75. The van der Waals surface area contributed by atoms with E-state index in [4.69, 9.17) is 0 Å². The zero-order chi connectivity index (χ0) is 9.59. The summed E-state index contributed by atoms with van der Waals surface area (Å²) >= 11 is 3.39. The van der Waals surface area contributed by atoms with E-state index in [1.54, 1.807) is 0 Å². The van der Waals surface area contributed by atoms with Crippen molar-refractivity contribution in [1.82, 2.24) is 0 Å². The summed E-state index contributed by atoms with van der Waals surface area (Å²) < 4.78 is 0. The Bertz CT molecular complexity index is 382. The lowest BCUT2D eigenvalue weighted by Gasteiger charge is -2.03. The third-order valence-corrected chi connectivity index (χ3v) is 3.29. The first-order valence-corrected chi connectivity index (χ1v) is 5.29. The summed E-state index contributed by atoms with van der Waals surface area (Å²) in [6.45, 7) is 4.10. The first-order chi connectivity index (χ1) is 6.09. The second-order valence-electron chi connectivity index (χ2n) is 3.64. The molecule has 1 nitrogen and oxygen atoms in total. The van der Waals surface area contributed by atoms with E-state index in [1.165, 1.54) is 16.7 Å². The van der Waals surface area contributed by atoms with Crippen LogP contribution in [0.5, 0.6) is 0 Å². The summed E-state index contributed by atoms with van der Waals surface area (Å²) in [5.74, 6) is 0.238. The SMILES string of the molecule is Cc1cc(C)c2c(c1)C(=O)C(Br)C2. The monoisotopic (exact) mass is 238 g/mol. The molecule has 1 aromatic carbocycles. The lowest BCUT2D eigenvalue weighted by Crippen LogP contribution is -2.05. The number of hydrogen-bond acceptors (Lipinski definition) is 1. The smallest absolute Gasteiger partial charge is 0.177 e. The Hall–Kier alpha value is -0.630. The van der Waals surface area contributed by atoms with Crippen LogP contribution in [0.3, 0.4) is 0 Å². The first-order valence-electron chi connectivity index (χ1n) is 4.38. The molecule has 0 radical (unpaired) electrons. The second kappa shape index (κ2) is 2.95. The Morgan fingerprint density at radius 2 is 2.08 bits per heavy atom. The summed E-state index contributed by atoms with van der Waals surface area (Å²) in [4.78, 5) is 11.7. The predicted octanol–water partition coefficient (Wildman–Crippen LogP) is 2.81. The van der Waals surface area contributed by atoms with Crippen LogP contribution in [0.15, 0.2) is 12.1 Å². The van der Waals surface area contributed by atoms with Crippen LogP contribution in [-0.4, -0.2) is 10.6 Å². The highest BCUT2D eigenvalue weighted by Crippen LogP contribution is 2.30. The van der Waals surface area contributed by atoms with E-state index in [1.807, 2.05) is 13.0 Å². The van der Waals surface area contributed by atoms with Crippen LogP contribution in [-0.2, 0) is 6.42 Å². The minimum absolute atomic E-state index is 0.00278. The summed E-state index contributed by atoms with van der Waals surface area (Å²) in [5.41, 5.74) is 4.55. The number of hydrogen-bond donors (Lipinski definition) is 0. The van der Waals surface area contributed by atoms with Gasteiger partial charge in [0.2, 0.25) is 0 Å². The number of Topliss-reactive ketones (excluding diaryl/α,β-unsaturated/α-hetero) is 1. The summed E-state index contributed by atoms with van der Waals surface area (Å²) in [6, 6.07) is 4.13. The van der Waals surface area contributed by atoms with Gasteiger partial charge in [-0.15, -0.1) is 0 Å². The molecule has 68 valence electrons. The molecule has 1 aliphatic carbocycles. The number of rotatable bonds is 0. The van der Waals surface area contributed by atoms with Crippen molar-refractivity contribution in [2.75, 3.05) is 0 Å². The molecule has 0 amide bonds. The highest BCUT2D eigenvalue weighted by molar-refractivity contribution is 9.10. The quantitative estimate of drug-likeness (QED) is 0.636. The maximum absolute atomic E-state index is 11.7. The fourth-order valence-electron chi connectivity index (χ4n) is 1.93. The zero-order valence-corrected chi connectivity index (χ0v) is 9.31. The molecule has 0 spiro atoms. The summed E-state index contributed by atoms with van der Waals surface area (Å²) in [6.07, 6.45) is 0.848. The number of halogens is 1. The minimum atomic E-state index is 0.00278. The van der Waals surface area contributed by atoms with Crippen molar-refractivity contribution in [3.8, 4) is 0 Å². The molecule has 13 heavy (non-hydrogen) atoms. The minimum Gasteiger partial charge on any atom is -0.293 e. The number of alkyl halides is 1. The lowest BCUT2D eigenvalue weighted by molar-refractivity contribution is 0.100. The van der Waals surface area contributed by atoms with Crippen LogP contribution < -0.4 is 0 Å². The summed E-state index contributed by atoms with van der Waals surface area (Å²) in [5, 5.41) is 0. The van der Waals surface area contributed by atoms with Gasteiger partial charge in [-0.25, -0.2) is 0 Å². The molecule has 0 saturated heterocycles. The van der Waals surface area contributed by atoms with Gasteiger partial charge in [0.15, 0.2) is 5.78 Å². The van der Waals surface area contributed by atoms with Crippen molar-refractivity contribution in [3.63, 3.8) is 0 Å². The molecule has 2 heteroatoms. The Labute approximate surface area is 86.3 Å². The topological polar surface area (TPSA) is 17.1 Å². The van der Waals surface area contributed by atoms with Crippen molar-refractivity contribution in [2.24, 2.45) is 0 Å². The Morgan fingerprint density at radius 3 is 2.77 bits per heavy atom. The van der Waals surface area contributed by atoms with Gasteiger partial charge in [-0.3, -0.25) is 4.79 Å². The van der Waals surface area contributed by atoms with E-state index < -0.39 is 0 Å². The van der Waals surface area contributed by atoms with Crippen molar-refractivity contribution in [2.45, 2.75) is 25.1 Å². The number of aryl methyl sites for hydroxylation is 2. The fourth-order valence-corrected chi connectivity index (χ4v) is 2.50. The van der Waals surface area contributed by atoms with Crippen molar-refractivity contribution in [3.05, 3.63) is 34.4 Å². The molecule has 0 aromatic heterocycles. The van der Waals surface area contributed by atoms with E-state index in [0.29, 0.717) is 0 Å². The molecule has 1 aliphatic rings. The van der Waals surface area contributed by atoms with E-state index in [-0.39, 0.29) is 10.6 Å². The van der Waals surface area contributed by atoms with Gasteiger partial charge in [0, 0.05) is 5.56 Å². The molecular formula is C11H11BrO. The molecule has 1 atom stereocenters. The number of carbonyl (C=O) groups excluding carboxylic acids is 1. The third-order valence-electron chi connectivity index (χ3n) is 2.55. The Morgan fingerprint density at radius 1 is 1.38 bits per heavy atom. The largest absolute Gasteiger partial charge is 0.293 e. The van der Waals surface area contributed by atoms with Crippen LogP contribution in [0.1, 0.15) is 27.0 Å². The van der Waals surface area contributed by atoms with E-state index in [9.17, 15) is 4.79 Å². The standard InChI is InChI=1S/C11H11BrO/c1-6-3-7(2)8-5-10(12)11(13)9(8)4-6/h3-4,10H,5H2,1-2H3. The van der Waals surface area contributed by atoms with Gasteiger partial charge in [-0.2, -0.15) is 0 Å². The molecule has 0 N–H and O–H groups in total. The average molecular weight is 239 g/mol. The van der Waals surface area contributed by atoms with Gasteiger partial charge in [-0.05, 0) is 37.5 Å². The third kappa shape index (κ3) is 1.33. The average Bonchev–Trinajstić information content (AvgIpc) is 2.32. The van der Waals surface area contributed by atoms with Gasteiger partial charge in [0.25, 0.3) is 0 Å². The van der Waals surface area contributed by atoms with Gasteiger partial charge in [0.1, 0.15) is 0 Å². The molecule has 0 aliphatic heterocycles. The maximum Gasteiger partial charge on any atom is 0.177 e. The van der Waals surface area contributed by atoms with Crippen molar-refractivity contribution >= 4 is 21.7 Å². The molecule has 2 rings (SSSR count). The Balaban J connectivity index is 2.64. The fraction of sp³-hybridized carbons (Fsp3) is 0.364. The van der Waals surface area contributed by atoms with Gasteiger partial charge >= 0.3 is 0 Å². The molecule has 0 bridgehead atoms. The van der Waals surface area contributed by atoms with Gasteiger partial charge < -0.3 is 0 Å². The highest BCUT2D eigenvalue weighted by Gasteiger charge is 2.29. The first kappa shape index (κ1) is 8.95. The number of benzene rings is 1. The molecule has 1 aromatic rings. The van der Waals surface area contributed by atoms with Crippen LogP contribution in [0.25, 0.3) is 0 Å². The highest BCUT2D eigenvalue weighted by atomic mass is 79.9. The van der Waals surface area contributed by atoms with Crippen molar-refractivity contribution < 1.29 is 4.79 Å². The molecule has 0 saturated carbocycles. The molecule has 1 unspecified atom stereocenters. The number of fused-ring (bicyclic) bond motifs is 1. The van der Waals surface area contributed by atoms with E-state index in [2.05, 4.69) is 28.9 Å². The molecular weight excluding hydrogens is 228 g/mol. The van der Waals surface area contributed by atoms with E-state index in [0.717, 1.165) is 12.0 Å². The molecule has 0 fully saturated rings. The van der Waals surface area contributed by atoms with E-state index >= 15 is 0 Å². The number of ketones is 1. The predicted molar refractivity (Wildman–Crippen MR) is 56.7 cm³/mol. The van der Waals surface area contributed by atoms with Gasteiger partial charge in [-0.1, -0.05) is 27.6 Å². The van der Waals surface area contributed by atoms with Crippen molar-refractivity contribution in [1.29, 1.82) is 0 Å². The Kier molecular flexibility index (Phi) is 2.03. The summed E-state index contributed by atoms with van der Waals surface area (Å²) in [7, 11) is 0. The molecule has 0 heterocycles. The van der Waals surface area contributed by atoms with Crippen LogP contribution >= 0.6 is 15.9 Å². The zero-order valence-electron chi connectivity index (χ0n) is 7.73. The van der Waals surface area contributed by atoms with Crippen LogP contribution in [0.4, 0.5) is 0 Å². The van der Waals surface area contributed by atoms with Gasteiger partial charge in [0.05, 0.1) is 4.83 Å².